The van der Waals surface area contributed by atoms with Crippen LogP contribution in [0.3, 0.4) is 0 Å². The highest BCUT2D eigenvalue weighted by atomic mass is 16.6. The van der Waals surface area contributed by atoms with Gasteiger partial charge >= 0.3 is 5.97 Å². The lowest BCUT2D eigenvalue weighted by Gasteiger charge is -2.01. The molecule has 18 heavy (non-hydrogen) atoms. The molecule has 0 aliphatic carbocycles. The number of aliphatic hydroxyl groups is 1. The first-order valence-electron chi connectivity index (χ1n) is 5.23. The van der Waals surface area contributed by atoms with Crippen molar-refractivity contribution >= 4 is 17.7 Å². The number of benzene rings is 1. The van der Waals surface area contributed by atoms with Crippen LogP contribution in [0, 0.1) is 10.1 Å². The molecule has 1 N–H and O–H groups in total. The van der Waals surface area contributed by atoms with E-state index in [2.05, 4.69) is 4.74 Å². The number of non-ortho nitro benzene ring substituents is 1. The van der Waals surface area contributed by atoms with Crippen LogP contribution in [0.15, 0.2) is 24.3 Å². The first kappa shape index (κ1) is 13.9. The van der Waals surface area contributed by atoms with E-state index in [1.165, 1.54) is 19.2 Å². The van der Waals surface area contributed by atoms with E-state index in [0.717, 1.165) is 6.07 Å². The molecule has 0 radical (unpaired) electrons. The normalized spacial score (nSPS) is 10.6. The zero-order chi connectivity index (χ0) is 13.5. The van der Waals surface area contributed by atoms with E-state index in [0.29, 0.717) is 12.0 Å². The lowest BCUT2D eigenvalue weighted by atomic mass is 10.1. The molecule has 0 saturated carbocycles. The zero-order valence-corrected chi connectivity index (χ0v) is 9.83. The van der Waals surface area contributed by atoms with E-state index in [1.54, 1.807) is 12.2 Å². The third kappa shape index (κ3) is 3.67. The summed E-state index contributed by atoms with van der Waals surface area (Å²) < 4.78 is 4.53. The summed E-state index contributed by atoms with van der Waals surface area (Å²) in [6.07, 6.45) is 3.71. The fraction of sp³-hybridized carbons (Fsp3) is 0.250. The molecule has 0 heterocycles. The molecule has 0 aromatic heterocycles. The van der Waals surface area contributed by atoms with E-state index in [-0.39, 0.29) is 17.9 Å². The van der Waals surface area contributed by atoms with Crippen LogP contribution in [-0.4, -0.2) is 29.7 Å². The Morgan fingerprint density at radius 2 is 2.22 bits per heavy atom. The van der Waals surface area contributed by atoms with Crippen molar-refractivity contribution in [2.75, 3.05) is 13.7 Å². The Kier molecular flexibility index (Phi) is 5.01. The minimum Gasteiger partial charge on any atom is -0.465 e. The highest BCUT2D eigenvalue weighted by Gasteiger charge is 2.13. The van der Waals surface area contributed by atoms with E-state index in [1.807, 2.05) is 0 Å². The van der Waals surface area contributed by atoms with Crippen LogP contribution in [0.5, 0.6) is 0 Å². The van der Waals surface area contributed by atoms with Crippen molar-refractivity contribution in [1.82, 2.24) is 0 Å². The summed E-state index contributed by atoms with van der Waals surface area (Å²) in [5, 5.41) is 19.4. The molecule has 0 aliphatic heterocycles. The van der Waals surface area contributed by atoms with E-state index >= 15 is 0 Å². The molecule has 0 unspecified atom stereocenters. The number of carbonyl (C=O) groups is 1. The van der Waals surface area contributed by atoms with Gasteiger partial charge in [0.2, 0.25) is 0 Å². The summed E-state index contributed by atoms with van der Waals surface area (Å²) in [7, 11) is 1.21. The molecule has 1 aromatic rings. The molecule has 6 nitrogen and oxygen atoms in total. The Bertz CT molecular complexity index is 481. The van der Waals surface area contributed by atoms with Crippen LogP contribution >= 0.6 is 0 Å². The minimum absolute atomic E-state index is 0.00468. The smallest absolute Gasteiger partial charge is 0.338 e. The third-order valence-electron chi connectivity index (χ3n) is 2.18. The van der Waals surface area contributed by atoms with Crippen molar-refractivity contribution in [1.29, 1.82) is 0 Å². The molecular formula is C12H13NO5. The number of carbonyl (C=O) groups excluding carboxylic acids is 1. The van der Waals surface area contributed by atoms with Crippen molar-refractivity contribution < 1.29 is 19.6 Å². The van der Waals surface area contributed by atoms with Gasteiger partial charge in [0.15, 0.2) is 0 Å². The molecule has 6 heteroatoms. The van der Waals surface area contributed by atoms with E-state index in [9.17, 15) is 14.9 Å². The Morgan fingerprint density at radius 3 is 2.78 bits per heavy atom. The number of hydrogen-bond donors (Lipinski definition) is 1. The highest BCUT2D eigenvalue weighted by molar-refractivity contribution is 5.91. The fourth-order valence-electron chi connectivity index (χ4n) is 1.37. The van der Waals surface area contributed by atoms with Gasteiger partial charge in [0.25, 0.3) is 5.69 Å². The molecule has 0 bridgehead atoms. The van der Waals surface area contributed by atoms with Crippen molar-refractivity contribution in [2.45, 2.75) is 6.42 Å². The predicted octanol–water partition coefficient (Wildman–Crippen LogP) is 1.78. The second-order valence-electron chi connectivity index (χ2n) is 3.48. The molecule has 0 fully saturated rings. The zero-order valence-electron chi connectivity index (χ0n) is 9.83. The second kappa shape index (κ2) is 6.51. The topological polar surface area (TPSA) is 89.7 Å². The van der Waals surface area contributed by atoms with Gasteiger partial charge in [-0.3, -0.25) is 10.1 Å². The maximum Gasteiger partial charge on any atom is 0.338 e. The Labute approximate surface area is 104 Å². The third-order valence-corrected chi connectivity index (χ3v) is 2.18. The molecule has 96 valence electrons. The monoisotopic (exact) mass is 251 g/mol. The first-order valence-corrected chi connectivity index (χ1v) is 5.23. The Morgan fingerprint density at radius 1 is 1.50 bits per heavy atom. The first-order chi connectivity index (χ1) is 8.58. The second-order valence-corrected chi connectivity index (χ2v) is 3.48. The van der Waals surface area contributed by atoms with Gasteiger partial charge in [-0.2, -0.15) is 0 Å². The van der Waals surface area contributed by atoms with Gasteiger partial charge in [-0.15, -0.1) is 0 Å². The quantitative estimate of drug-likeness (QED) is 0.489. The van der Waals surface area contributed by atoms with Gasteiger partial charge in [0, 0.05) is 18.7 Å². The van der Waals surface area contributed by atoms with Gasteiger partial charge in [-0.1, -0.05) is 12.2 Å². The van der Waals surface area contributed by atoms with Gasteiger partial charge < -0.3 is 9.84 Å². The van der Waals surface area contributed by atoms with Crippen molar-refractivity contribution in [3.63, 3.8) is 0 Å². The molecular weight excluding hydrogens is 238 g/mol. The highest BCUT2D eigenvalue weighted by Crippen LogP contribution is 2.19. The van der Waals surface area contributed by atoms with Gasteiger partial charge in [-0.05, 0) is 18.1 Å². The van der Waals surface area contributed by atoms with Crippen LogP contribution in [0.4, 0.5) is 5.69 Å². The SMILES string of the molecule is COC(=O)c1cc(C=CCCO)cc([N+](=O)[O-])c1. The summed E-state index contributed by atoms with van der Waals surface area (Å²) in [6.45, 7) is -0.00468. The van der Waals surface area contributed by atoms with Crippen LogP contribution in [-0.2, 0) is 4.74 Å². The van der Waals surface area contributed by atoms with Gasteiger partial charge in [0.05, 0.1) is 17.6 Å². The molecule has 0 aliphatic rings. The molecule has 0 saturated heterocycles. The fourth-order valence-corrected chi connectivity index (χ4v) is 1.37. The number of nitro groups is 1. The van der Waals surface area contributed by atoms with Crippen molar-refractivity contribution in [3.8, 4) is 0 Å². The molecule has 0 spiro atoms. The predicted molar refractivity (Wildman–Crippen MR) is 65.2 cm³/mol. The Balaban J connectivity index is 3.13. The Hall–Kier alpha value is -2.21. The number of nitrogens with zero attached hydrogens (tertiary/aromatic N) is 1. The van der Waals surface area contributed by atoms with Crippen LogP contribution in [0.25, 0.3) is 6.08 Å². The van der Waals surface area contributed by atoms with Crippen LogP contribution < -0.4 is 0 Å². The number of nitro benzene ring substituents is 1. The standard InChI is InChI=1S/C12H13NO5/c1-18-12(15)10-6-9(4-2-3-5-14)7-11(8-10)13(16)17/h2,4,6-8,14H,3,5H2,1H3. The minimum atomic E-state index is -0.629. The number of esters is 1. The number of rotatable bonds is 5. The maximum absolute atomic E-state index is 11.4. The van der Waals surface area contributed by atoms with Crippen LogP contribution in [0.1, 0.15) is 22.3 Å². The van der Waals surface area contributed by atoms with Crippen molar-refractivity contribution in [3.05, 3.63) is 45.5 Å². The van der Waals surface area contributed by atoms with Gasteiger partial charge in [0.1, 0.15) is 0 Å². The average Bonchev–Trinajstić information content (AvgIpc) is 2.37. The number of aliphatic hydroxyl groups excluding tert-OH is 1. The number of ether oxygens (including phenoxy) is 1. The summed E-state index contributed by atoms with van der Waals surface area (Å²) in [5.74, 6) is -0.629. The average molecular weight is 251 g/mol. The molecule has 0 atom stereocenters. The van der Waals surface area contributed by atoms with Crippen LogP contribution in [0.2, 0.25) is 0 Å². The van der Waals surface area contributed by atoms with E-state index < -0.39 is 10.9 Å². The summed E-state index contributed by atoms with van der Waals surface area (Å²) in [6, 6.07) is 4.00. The lowest BCUT2D eigenvalue weighted by Crippen LogP contribution is -2.02. The number of methoxy groups -OCH3 is 1. The summed E-state index contributed by atoms with van der Waals surface area (Å²) in [5.41, 5.74) is 0.454. The molecule has 0 amide bonds. The lowest BCUT2D eigenvalue weighted by molar-refractivity contribution is -0.384. The summed E-state index contributed by atoms with van der Waals surface area (Å²) >= 11 is 0. The van der Waals surface area contributed by atoms with Gasteiger partial charge in [-0.25, -0.2) is 4.79 Å². The summed E-state index contributed by atoms with van der Waals surface area (Å²) in [4.78, 5) is 21.5. The van der Waals surface area contributed by atoms with E-state index in [4.69, 9.17) is 5.11 Å². The van der Waals surface area contributed by atoms with Crippen molar-refractivity contribution in [2.24, 2.45) is 0 Å². The molecule has 1 rings (SSSR count). The largest absolute Gasteiger partial charge is 0.465 e. The molecule has 1 aromatic carbocycles. The number of hydrogen-bond acceptors (Lipinski definition) is 5. The maximum atomic E-state index is 11.4.